The van der Waals surface area contributed by atoms with Crippen LogP contribution >= 0.6 is 31.9 Å². The molecule has 0 amide bonds. The lowest BCUT2D eigenvalue weighted by Crippen LogP contribution is -2.74. The zero-order valence-electron chi connectivity index (χ0n) is 31.4. The molecule has 0 nitrogen and oxygen atoms in total. The van der Waals surface area contributed by atoms with Crippen LogP contribution in [0.2, 0.25) is 0 Å². The maximum atomic E-state index is 15.3. The molecule has 1 aliphatic carbocycles. The minimum atomic E-state index is -9.16. The number of alkyl halides is 34. The second-order valence-corrected chi connectivity index (χ2v) is 16.6. The summed E-state index contributed by atoms with van der Waals surface area (Å²) in [5, 5.41) is 0. The van der Waals surface area contributed by atoms with Gasteiger partial charge in [0.05, 0.1) is 0 Å². The van der Waals surface area contributed by atoms with Gasteiger partial charge in [-0.2, -0.15) is 149 Å². The highest BCUT2D eigenvalue weighted by atomic mass is 79.9. The van der Waals surface area contributed by atoms with Gasteiger partial charge in [0.1, 0.15) is 0 Å². The number of hydrogen-bond donors (Lipinski definition) is 0. The molecule has 0 fully saturated rings. The van der Waals surface area contributed by atoms with E-state index in [-0.39, 0.29) is 0 Å². The molecule has 0 radical (unpaired) electrons. The van der Waals surface area contributed by atoms with Gasteiger partial charge in [-0.1, -0.05) is 44.0 Å². The Morgan fingerprint density at radius 3 is 0.710 bits per heavy atom. The number of rotatable bonds is 18. The maximum Gasteiger partial charge on any atom is 0.460 e. The van der Waals surface area contributed by atoms with Crippen LogP contribution in [0.25, 0.3) is 11.1 Å². The van der Waals surface area contributed by atoms with Crippen LogP contribution in [0.4, 0.5) is 149 Å². The maximum absolute atomic E-state index is 15.3. The largest absolute Gasteiger partial charge is 0.460 e. The Morgan fingerprint density at radius 2 is 0.493 bits per heavy atom. The molecule has 0 spiro atoms. The molecule has 0 heterocycles. The first kappa shape index (κ1) is 60.3. The Kier molecular flexibility index (Phi) is 14.4. The lowest BCUT2D eigenvalue weighted by molar-refractivity contribution is -0.462. The summed E-state index contributed by atoms with van der Waals surface area (Å²) in [6.45, 7) is 0. The van der Waals surface area contributed by atoms with Crippen molar-refractivity contribution in [1.82, 2.24) is 0 Å². The van der Waals surface area contributed by atoms with Crippen molar-refractivity contribution in [2.24, 2.45) is 0 Å². The SMILES string of the molecule is FC(F)(F)C(F)(F)C(F)(F)C(F)(F)C(F)(F)C(F)(F)C(F)(F)C(F)(F)CCC1(CCC(F)(F)C(F)(F)C(F)(F)C(F)(F)C(F)(F)C(F)(F)C(F)(F)C(F)(F)F)c2cc(Br)ccc2-c2ccc(Br)cc21. The third-order valence-corrected chi connectivity index (χ3v) is 11.6. The summed E-state index contributed by atoms with van der Waals surface area (Å²) in [5.74, 6) is -121. The summed E-state index contributed by atoms with van der Waals surface area (Å²) in [7, 11) is 0. The summed E-state index contributed by atoms with van der Waals surface area (Å²) < 4.78 is 475. The Balaban J connectivity index is 2.28. The van der Waals surface area contributed by atoms with Crippen LogP contribution in [-0.2, 0) is 5.41 Å². The zero-order valence-corrected chi connectivity index (χ0v) is 34.6. The van der Waals surface area contributed by atoms with E-state index in [9.17, 15) is 132 Å². The van der Waals surface area contributed by atoms with Crippen LogP contribution in [0.1, 0.15) is 36.8 Å². The van der Waals surface area contributed by atoms with Gasteiger partial charge in [-0.05, 0) is 59.4 Å². The molecule has 0 bridgehead atoms. The van der Waals surface area contributed by atoms with Gasteiger partial charge < -0.3 is 0 Å². The molecule has 0 unspecified atom stereocenters. The highest BCUT2D eigenvalue weighted by Crippen LogP contribution is 2.68. The molecule has 69 heavy (non-hydrogen) atoms. The summed E-state index contributed by atoms with van der Waals surface area (Å²) in [6.07, 6.45) is -28.7. The second-order valence-electron chi connectivity index (χ2n) is 14.8. The van der Waals surface area contributed by atoms with Crippen molar-refractivity contribution in [3.8, 4) is 11.1 Å². The van der Waals surface area contributed by atoms with Gasteiger partial charge in [0.2, 0.25) is 0 Å². The fourth-order valence-electron chi connectivity index (χ4n) is 6.55. The lowest BCUT2D eigenvalue weighted by atomic mass is 9.69. The van der Waals surface area contributed by atoms with Crippen molar-refractivity contribution in [3.05, 3.63) is 56.5 Å². The Bertz CT molecular complexity index is 2080. The van der Waals surface area contributed by atoms with E-state index in [1.165, 1.54) is 0 Å². The molecule has 3 rings (SSSR count). The lowest BCUT2D eigenvalue weighted by Gasteiger charge is -2.44. The predicted octanol–water partition coefficient (Wildman–Crippen LogP) is 17.1. The molecule has 0 saturated carbocycles. The van der Waals surface area contributed by atoms with Crippen molar-refractivity contribution in [2.45, 2.75) is 126 Å². The molecule has 0 atom stereocenters. The van der Waals surface area contributed by atoms with Gasteiger partial charge >= 0.3 is 95.3 Å². The van der Waals surface area contributed by atoms with Gasteiger partial charge in [0.25, 0.3) is 0 Å². The molecule has 2 aromatic rings. The predicted molar refractivity (Wildman–Crippen MR) is 168 cm³/mol. The molecule has 36 heteroatoms. The fraction of sp³-hybridized carbons (Fsp3) is 0.636. The zero-order chi connectivity index (χ0) is 55.0. The van der Waals surface area contributed by atoms with Gasteiger partial charge in [-0.3, -0.25) is 0 Å². The van der Waals surface area contributed by atoms with E-state index < -0.39 is 158 Å². The van der Waals surface area contributed by atoms with Crippen molar-refractivity contribution in [3.63, 3.8) is 0 Å². The quantitative estimate of drug-likeness (QED) is 0.131. The fourth-order valence-corrected chi connectivity index (χ4v) is 7.27. The smallest absolute Gasteiger partial charge is 0.200 e. The van der Waals surface area contributed by atoms with Gasteiger partial charge in [-0.25, -0.2) is 0 Å². The molecular weight excluding hydrogens is 1200 g/mol. The second kappa shape index (κ2) is 16.5. The minimum absolute atomic E-state index is 0.411. The molecule has 398 valence electrons. The average molecular weight is 1220 g/mol. The third-order valence-electron chi connectivity index (χ3n) is 10.6. The van der Waals surface area contributed by atoms with Crippen LogP contribution in [-0.4, -0.2) is 95.3 Å². The van der Waals surface area contributed by atoms with Gasteiger partial charge in [0.15, 0.2) is 0 Å². The van der Waals surface area contributed by atoms with Crippen LogP contribution in [0.3, 0.4) is 0 Å². The number of benzene rings is 2. The Hall–Kier alpha value is -2.98. The van der Waals surface area contributed by atoms with Crippen LogP contribution < -0.4 is 0 Å². The number of hydrogen-bond acceptors (Lipinski definition) is 0. The van der Waals surface area contributed by atoms with Crippen molar-refractivity contribution >= 4 is 31.9 Å². The van der Waals surface area contributed by atoms with Crippen LogP contribution in [0.15, 0.2) is 45.3 Å². The summed E-state index contributed by atoms with van der Waals surface area (Å²) in [4.78, 5) is 0. The Labute approximate surface area is 375 Å². The molecule has 2 aromatic carbocycles. The number of fused-ring (bicyclic) bond motifs is 3. The van der Waals surface area contributed by atoms with Gasteiger partial charge in [0, 0.05) is 27.2 Å². The first-order valence-electron chi connectivity index (χ1n) is 16.9. The van der Waals surface area contributed by atoms with E-state index in [0.29, 0.717) is 24.3 Å². The summed E-state index contributed by atoms with van der Waals surface area (Å²) >= 11 is 5.23. The molecule has 0 aliphatic heterocycles. The van der Waals surface area contributed by atoms with Crippen LogP contribution in [0, 0.1) is 0 Å². The van der Waals surface area contributed by atoms with Crippen molar-refractivity contribution in [1.29, 1.82) is 0 Å². The topological polar surface area (TPSA) is 0 Å². The van der Waals surface area contributed by atoms with E-state index in [0.717, 1.165) is 12.1 Å². The molecule has 0 aromatic heterocycles. The molecule has 1 aliphatic rings. The molecule has 0 N–H and O–H groups in total. The minimum Gasteiger partial charge on any atom is -0.200 e. The summed E-state index contributed by atoms with van der Waals surface area (Å²) in [6, 6.07) is 3.94. The van der Waals surface area contributed by atoms with Crippen LogP contribution in [0.5, 0.6) is 0 Å². The standard InChI is InChI=1S/C33H14Br2F34/c34-11-1-3-13-14-4-2-12(35)10-16(14)17(15(13)9-11,5-7-18(36,37)20(40,41)22(44,45)24(48,49)26(52,53)28(56,57)30(60,61)32(64,65)66)6-8-19(38,39)21(42,43)23(46,47)25(50,51)27(54,55)29(58,59)31(62,63)33(67,68)69/h1-4,9-10H,5-8H2. The average Bonchev–Trinajstić information content (AvgIpc) is 3.42. The summed E-state index contributed by atoms with van der Waals surface area (Å²) in [5.41, 5.74) is -7.28. The highest BCUT2D eigenvalue weighted by Gasteiger charge is 2.97. The normalized spacial score (nSPS) is 17.0. The van der Waals surface area contributed by atoms with E-state index in [4.69, 9.17) is 0 Å². The number of halogens is 36. The monoisotopic (exact) mass is 1210 g/mol. The third kappa shape index (κ3) is 8.06. The van der Waals surface area contributed by atoms with Crippen molar-refractivity contribution in [2.75, 3.05) is 0 Å². The van der Waals surface area contributed by atoms with E-state index in [1.54, 1.807) is 0 Å². The van der Waals surface area contributed by atoms with E-state index in [2.05, 4.69) is 31.9 Å². The highest BCUT2D eigenvalue weighted by molar-refractivity contribution is 9.10. The molecule has 0 saturated heterocycles. The first-order chi connectivity index (χ1) is 29.9. The molecular formula is C33H14Br2F34. The van der Waals surface area contributed by atoms with E-state index in [1.807, 2.05) is 0 Å². The van der Waals surface area contributed by atoms with Gasteiger partial charge in [-0.15, -0.1) is 0 Å². The van der Waals surface area contributed by atoms with E-state index >= 15 is 17.6 Å². The van der Waals surface area contributed by atoms with Crippen molar-refractivity contribution < 1.29 is 149 Å². The first-order valence-corrected chi connectivity index (χ1v) is 18.5. The Morgan fingerprint density at radius 1 is 0.290 bits per heavy atom.